The highest BCUT2D eigenvalue weighted by atomic mass is 35.5. The van der Waals surface area contributed by atoms with Crippen LogP contribution in [0.25, 0.3) is 5.69 Å². The number of carbonyl (C=O) groups is 1. The summed E-state index contributed by atoms with van der Waals surface area (Å²) in [5.74, 6) is 1.84. The van der Waals surface area contributed by atoms with E-state index in [9.17, 15) is 4.79 Å². The van der Waals surface area contributed by atoms with Crippen molar-refractivity contribution < 1.29 is 4.79 Å². The van der Waals surface area contributed by atoms with Crippen molar-refractivity contribution in [3.05, 3.63) is 64.9 Å². The molecule has 1 fully saturated rings. The minimum Gasteiger partial charge on any atom is -0.357 e. The van der Waals surface area contributed by atoms with Gasteiger partial charge in [-0.25, -0.2) is 9.67 Å². The first kappa shape index (κ1) is 19.1. The zero-order valence-corrected chi connectivity index (χ0v) is 17.5. The number of carbonyl (C=O) groups excluding carboxylic acids is 1. The molecule has 0 unspecified atom stereocenters. The van der Waals surface area contributed by atoms with E-state index in [0.29, 0.717) is 5.02 Å². The van der Waals surface area contributed by atoms with Crippen molar-refractivity contribution in [1.82, 2.24) is 14.8 Å². The third-order valence-electron chi connectivity index (χ3n) is 6.05. The van der Waals surface area contributed by atoms with Crippen molar-refractivity contribution in [1.29, 1.82) is 0 Å². The molecule has 1 saturated heterocycles. The lowest BCUT2D eigenvalue weighted by molar-refractivity contribution is -0.120. The SMILES string of the molecule is O=C(Nc1c2c(nn1-c1ccccc1)CCC2)C1CCN(c2ccc(Cl)cn2)CC1. The third kappa shape index (κ3) is 3.67. The monoisotopic (exact) mass is 421 g/mol. The van der Waals surface area contributed by atoms with Gasteiger partial charge in [0.25, 0.3) is 0 Å². The van der Waals surface area contributed by atoms with Crippen molar-refractivity contribution in [2.24, 2.45) is 5.92 Å². The minimum atomic E-state index is -0.00951. The van der Waals surface area contributed by atoms with Crippen molar-refractivity contribution in [3.63, 3.8) is 0 Å². The molecule has 6 nitrogen and oxygen atoms in total. The first-order valence-electron chi connectivity index (χ1n) is 10.5. The Hall–Kier alpha value is -2.86. The first-order valence-corrected chi connectivity index (χ1v) is 10.9. The van der Waals surface area contributed by atoms with Crippen LogP contribution in [0.15, 0.2) is 48.7 Å². The summed E-state index contributed by atoms with van der Waals surface area (Å²) in [6, 6.07) is 13.8. The molecule has 0 radical (unpaired) electrons. The summed E-state index contributed by atoms with van der Waals surface area (Å²) in [6.45, 7) is 1.62. The van der Waals surface area contributed by atoms with Crippen molar-refractivity contribution in [2.75, 3.05) is 23.3 Å². The van der Waals surface area contributed by atoms with Crippen LogP contribution in [0.1, 0.15) is 30.5 Å². The fourth-order valence-corrected chi connectivity index (χ4v) is 4.53. The van der Waals surface area contributed by atoms with Crippen LogP contribution in [0.5, 0.6) is 0 Å². The van der Waals surface area contributed by atoms with Gasteiger partial charge in [-0.1, -0.05) is 29.8 Å². The summed E-state index contributed by atoms with van der Waals surface area (Å²) in [7, 11) is 0. The number of piperidine rings is 1. The molecule has 2 aromatic heterocycles. The molecule has 3 aromatic rings. The molecule has 154 valence electrons. The van der Waals surface area contributed by atoms with Crippen molar-refractivity contribution in [3.8, 4) is 5.69 Å². The van der Waals surface area contributed by atoms with Crippen LogP contribution in [0, 0.1) is 5.92 Å². The fourth-order valence-electron chi connectivity index (χ4n) is 4.42. The average molecular weight is 422 g/mol. The molecule has 1 aliphatic carbocycles. The molecule has 5 rings (SSSR count). The molecule has 1 amide bonds. The van der Waals surface area contributed by atoms with E-state index in [2.05, 4.69) is 15.2 Å². The Kier molecular flexibility index (Phi) is 5.17. The zero-order chi connectivity index (χ0) is 20.5. The number of halogens is 1. The van der Waals surface area contributed by atoms with Gasteiger partial charge in [0.15, 0.2) is 0 Å². The normalized spacial score (nSPS) is 16.5. The van der Waals surface area contributed by atoms with Gasteiger partial charge < -0.3 is 10.2 Å². The maximum atomic E-state index is 13.1. The largest absolute Gasteiger partial charge is 0.357 e. The summed E-state index contributed by atoms with van der Waals surface area (Å²) in [5, 5.41) is 8.66. The lowest BCUT2D eigenvalue weighted by Gasteiger charge is -2.32. The van der Waals surface area contributed by atoms with Crippen LogP contribution in [0.3, 0.4) is 0 Å². The second-order valence-electron chi connectivity index (χ2n) is 7.96. The molecule has 0 atom stereocenters. The first-order chi connectivity index (χ1) is 14.7. The lowest BCUT2D eigenvalue weighted by atomic mass is 9.96. The molecule has 0 spiro atoms. The number of hydrogen-bond donors (Lipinski definition) is 1. The number of pyridine rings is 1. The average Bonchev–Trinajstić information content (AvgIpc) is 3.38. The molecule has 3 heterocycles. The highest BCUT2D eigenvalue weighted by Crippen LogP contribution is 2.32. The van der Waals surface area contributed by atoms with Gasteiger partial charge in [0.1, 0.15) is 11.6 Å². The van der Waals surface area contributed by atoms with E-state index < -0.39 is 0 Å². The Morgan fingerprint density at radius 3 is 2.60 bits per heavy atom. The number of benzene rings is 1. The minimum absolute atomic E-state index is 0.00951. The molecule has 0 saturated carbocycles. The predicted octanol–water partition coefficient (Wildman–Crippen LogP) is 4.26. The summed E-state index contributed by atoms with van der Waals surface area (Å²) in [4.78, 5) is 19.7. The Morgan fingerprint density at radius 2 is 1.87 bits per heavy atom. The van der Waals surface area contributed by atoms with Gasteiger partial charge in [0.05, 0.1) is 16.4 Å². The van der Waals surface area contributed by atoms with Crippen LogP contribution >= 0.6 is 11.6 Å². The van der Waals surface area contributed by atoms with Crippen LogP contribution in [-0.4, -0.2) is 33.8 Å². The van der Waals surface area contributed by atoms with Gasteiger partial charge in [0.2, 0.25) is 5.91 Å². The van der Waals surface area contributed by atoms with Crippen molar-refractivity contribution >= 4 is 29.1 Å². The molecule has 30 heavy (non-hydrogen) atoms. The zero-order valence-electron chi connectivity index (χ0n) is 16.7. The smallest absolute Gasteiger partial charge is 0.228 e. The number of anilines is 2. The topological polar surface area (TPSA) is 63.1 Å². The standard InChI is InChI=1S/C23H24ClN5O/c24-17-9-10-21(25-15-17)28-13-11-16(12-14-28)23(30)26-22-19-7-4-8-20(19)27-29(22)18-5-2-1-3-6-18/h1-3,5-6,9-10,15-16H,4,7-8,11-14H2,(H,26,30). The number of aryl methyl sites for hydroxylation is 1. The van der Waals surface area contributed by atoms with Gasteiger partial charge in [-0.15, -0.1) is 0 Å². The van der Waals surface area contributed by atoms with E-state index in [-0.39, 0.29) is 11.8 Å². The second kappa shape index (κ2) is 8.11. The number of aromatic nitrogens is 3. The van der Waals surface area contributed by atoms with E-state index in [1.54, 1.807) is 6.20 Å². The summed E-state index contributed by atoms with van der Waals surface area (Å²) >= 11 is 5.94. The maximum absolute atomic E-state index is 13.1. The number of nitrogens with zero attached hydrogens (tertiary/aromatic N) is 4. The Balaban J connectivity index is 1.30. The summed E-state index contributed by atoms with van der Waals surface area (Å²) in [5.41, 5.74) is 3.28. The number of amides is 1. The highest BCUT2D eigenvalue weighted by Gasteiger charge is 2.29. The quantitative estimate of drug-likeness (QED) is 0.683. The van der Waals surface area contributed by atoms with Crippen LogP contribution in [0.4, 0.5) is 11.6 Å². The second-order valence-corrected chi connectivity index (χ2v) is 8.40. The highest BCUT2D eigenvalue weighted by molar-refractivity contribution is 6.30. The molecule has 2 aliphatic rings. The van der Waals surface area contributed by atoms with Crippen LogP contribution in [0.2, 0.25) is 5.02 Å². The van der Waals surface area contributed by atoms with E-state index in [1.807, 2.05) is 47.1 Å². The molecule has 1 aliphatic heterocycles. The molecule has 1 aromatic carbocycles. The number of hydrogen-bond acceptors (Lipinski definition) is 4. The summed E-state index contributed by atoms with van der Waals surface area (Å²) < 4.78 is 1.90. The van der Waals surface area contributed by atoms with Crippen LogP contribution < -0.4 is 10.2 Å². The molecular formula is C23H24ClN5O. The van der Waals surface area contributed by atoms with Gasteiger partial charge in [0, 0.05) is 30.8 Å². The Morgan fingerprint density at radius 1 is 1.07 bits per heavy atom. The molecule has 0 bridgehead atoms. The lowest BCUT2D eigenvalue weighted by Crippen LogP contribution is -2.38. The molecular weight excluding hydrogens is 398 g/mol. The van der Waals surface area contributed by atoms with E-state index >= 15 is 0 Å². The number of fused-ring (bicyclic) bond motifs is 1. The number of nitrogens with one attached hydrogen (secondary N) is 1. The summed E-state index contributed by atoms with van der Waals surface area (Å²) in [6.07, 6.45) is 6.32. The molecule has 7 heteroatoms. The van der Waals surface area contributed by atoms with Gasteiger partial charge in [-0.05, 0) is 56.4 Å². The van der Waals surface area contributed by atoms with E-state index in [4.69, 9.17) is 16.7 Å². The Labute approximate surface area is 180 Å². The van der Waals surface area contributed by atoms with Gasteiger partial charge in [-0.3, -0.25) is 4.79 Å². The van der Waals surface area contributed by atoms with E-state index in [1.165, 1.54) is 5.56 Å². The van der Waals surface area contributed by atoms with Gasteiger partial charge in [-0.2, -0.15) is 5.10 Å². The third-order valence-corrected chi connectivity index (χ3v) is 6.27. The van der Waals surface area contributed by atoms with Crippen molar-refractivity contribution in [2.45, 2.75) is 32.1 Å². The maximum Gasteiger partial charge on any atom is 0.228 e. The predicted molar refractivity (Wildman–Crippen MR) is 118 cm³/mol. The number of rotatable bonds is 4. The fraction of sp³-hybridized carbons (Fsp3) is 0.348. The Bertz CT molecular complexity index is 1040. The molecule has 1 N–H and O–H groups in total. The van der Waals surface area contributed by atoms with Gasteiger partial charge >= 0.3 is 0 Å². The van der Waals surface area contributed by atoms with Crippen LogP contribution in [-0.2, 0) is 17.6 Å². The number of para-hydroxylation sites is 1. The van der Waals surface area contributed by atoms with E-state index in [0.717, 1.165) is 68.2 Å².